The van der Waals surface area contributed by atoms with Gasteiger partial charge in [-0.2, -0.15) is 0 Å². The Morgan fingerprint density at radius 3 is 1.77 bits per heavy atom. The van der Waals surface area contributed by atoms with E-state index < -0.39 is 91.2 Å². The molecule has 0 heterocycles. The van der Waals surface area contributed by atoms with Gasteiger partial charge in [-0.1, -0.05) is 6.07 Å². The minimum atomic E-state index is -1.74. The molecule has 240 valence electrons. The van der Waals surface area contributed by atoms with E-state index in [0.717, 1.165) is 12.1 Å². The van der Waals surface area contributed by atoms with Crippen LogP contribution in [0.1, 0.15) is 11.5 Å². The van der Waals surface area contributed by atoms with Gasteiger partial charge in [0.05, 0.1) is 50.3 Å². The Morgan fingerprint density at radius 2 is 1.30 bits per heavy atom. The topological polar surface area (TPSA) is 260 Å². The van der Waals surface area contributed by atoms with Crippen LogP contribution in [0, 0.1) is 0 Å². The molecule has 0 saturated heterocycles. The largest absolute Gasteiger partial charge is 0.508 e. The third kappa shape index (κ3) is 7.82. The van der Waals surface area contributed by atoms with E-state index in [0.29, 0.717) is 0 Å². The zero-order chi connectivity index (χ0) is 32.7. The molecule has 1 saturated carbocycles. The Morgan fingerprint density at radius 1 is 0.750 bits per heavy atom. The van der Waals surface area contributed by atoms with Crippen molar-refractivity contribution in [1.29, 1.82) is 0 Å². The second-order valence-electron chi connectivity index (χ2n) is 10.5. The summed E-state index contributed by atoms with van der Waals surface area (Å²) in [6, 6.07) is 3.70. The molecule has 5 unspecified atom stereocenters. The van der Waals surface area contributed by atoms with Crippen molar-refractivity contribution >= 4 is 28.7 Å². The van der Waals surface area contributed by atoms with E-state index in [1.807, 2.05) is 0 Å². The molecule has 2 aliphatic rings. The monoisotopic (exact) mass is 621 g/mol. The number of nitrogens with zero attached hydrogens (tertiary/aromatic N) is 2. The van der Waals surface area contributed by atoms with Gasteiger partial charge < -0.3 is 56.0 Å². The summed E-state index contributed by atoms with van der Waals surface area (Å²) in [7, 11) is 0. The molecule has 5 atom stereocenters. The van der Waals surface area contributed by atoms with Crippen LogP contribution in [0.4, 0.5) is 5.69 Å². The summed E-state index contributed by atoms with van der Waals surface area (Å²) in [6.07, 6.45) is -1.29. The number of ketones is 3. The quantitative estimate of drug-likeness (QED) is 0.0314. The number of anilines is 1. The standard InChI is InChI=1S/C29H36N2O13/c32-11-17(36)7-30(8-18(37)12-33)15-1-3-21(23(40)5-15)25-27(42)26(29(44)28(25)43)22-4-2-16(6-24(22)41)31(9-19(38)13-34)10-20(39)14-35/h1-6,17-20,25,32-40H,7-14H2/p+1/b26-22-. The molecular weight excluding hydrogens is 584 g/mol. The predicted molar refractivity (Wildman–Crippen MR) is 152 cm³/mol. The molecule has 44 heavy (non-hydrogen) atoms. The Hall–Kier alpha value is -3.80. The van der Waals surface area contributed by atoms with Crippen LogP contribution in [0.5, 0.6) is 5.75 Å². The zero-order valence-electron chi connectivity index (χ0n) is 23.6. The Balaban J connectivity index is 1.98. The number of aliphatic hydroxyl groups excluding tert-OH is 9. The van der Waals surface area contributed by atoms with E-state index in [9.17, 15) is 65.4 Å². The van der Waals surface area contributed by atoms with Crippen molar-refractivity contribution in [2.45, 2.75) is 30.3 Å². The highest BCUT2D eigenvalue weighted by Crippen LogP contribution is 2.39. The molecule has 0 bridgehead atoms. The lowest BCUT2D eigenvalue weighted by Crippen LogP contribution is -2.40. The predicted octanol–water partition coefficient (Wildman–Crippen LogP) is -3.82. The maximum Gasteiger partial charge on any atom is 0.234 e. The Bertz CT molecular complexity index is 1360. The first-order chi connectivity index (χ1) is 20.9. The molecule has 15 heteroatoms. The molecule has 15 nitrogen and oxygen atoms in total. The Kier molecular flexibility index (Phi) is 12.0. The van der Waals surface area contributed by atoms with E-state index >= 15 is 0 Å². The number of carbonyl (C=O) groups is 3. The van der Waals surface area contributed by atoms with Crippen LogP contribution in [-0.4, -0.2) is 156 Å². The fraction of sp³-hybridized carbons (Fsp3) is 0.448. The van der Waals surface area contributed by atoms with Crippen LogP contribution >= 0.6 is 0 Å². The zero-order valence-corrected chi connectivity index (χ0v) is 23.6. The first-order valence-corrected chi connectivity index (χ1v) is 13.7. The number of aromatic hydroxyl groups is 1. The van der Waals surface area contributed by atoms with Crippen molar-refractivity contribution < 1.29 is 70.0 Å². The summed E-state index contributed by atoms with van der Waals surface area (Å²) in [5.74, 6) is -6.23. The smallest absolute Gasteiger partial charge is 0.234 e. The number of Topliss-reactive ketones (excluding diaryl/α,β-unsaturated/α-hetero) is 3. The number of rotatable bonds is 14. The van der Waals surface area contributed by atoms with Crippen LogP contribution in [0.3, 0.4) is 0 Å². The SMILES string of the molecule is O=C1C(=O)C(c2ccc(N(CC(O)CO)CC(O)CO)cc2O)C(=O)/C1=C1\C=CC(=[N+](CC(O)CO)CC(O)CO)C=C1O. The minimum absolute atomic E-state index is 0.197. The van der Waals surface area contributed by atoms with Gasteiger partial charge in [-0.05, 0) is 12.1 Å². The molecule has 0 aromatic heterocycles. The van der Waals surface area contributed by atoms with Gasteiger partial charge in [-0.3, -0.25) is 14.4 Å². The lowest BCUT2D eigenvalue weighted by molar-refractivity contribution is -0.544. The van der Waals surface area contributed by atoms with E-state index in [2.05, 4.69) is 0 Å². The van der Waals surface area contributed by atoms with Gasteiger partial charge in [0.15, 0.2) is 18.9 Å². The molecule has 0 aliphatic heterocycles. The van der Waals surface area contributed by atoms with Gasteiger partial charge >= 0.3 is 0 Å². The van der Waals surface area contributed by atoms with E-state index in [1.165, 1.54) is 33.8 Å². The van der Waals surface area contributed by atoms with Crippen molar-refractivity contribution in [3.05, 3.63) is 58.9 Å². The summed E-state index contributed by atoms with van der Waals surface area (Å²) < 4.78 is 1.35. The maximum atomic E-state index is 13.4. The lowest BCUT2D eigenvalue weighted by Gasteiger charge is -2.29. The van der Waals surface area contributed by atoms with E-state index in [1.54, 1.807) is 0 Å². The molecule has 1 fully saturated rings. The highest BCUT2D eigenvalue weighted by Gasteiger charge is 2.48. The average Bonchev–Trinajstić information content (AvgIpc) is 3.22. The lowest BCUT2D eigenvalue weighted by atomic mass is 9.92. The first-order valence-electron chi connectivity index (χ1n) is 13.7. The third-order valence-electron chi connectivity index (χ3n) is 7.10. The summed E-state index contributed by atoms with van der Waals surface area (Å²) >= 11 is 0. The number of phenols is 1. The molecular formula is C29H37N2O13+. The fourth-order valence-electron chi connectivity index (χ4n) is 4.89. The van der Waals surface area contributed by atoms with E-state index in [4.69, 9.17) is 0 Å². The normalized spacial score (nSPS) is 21.4. The summed E-state index contributed by atoms with van der Waals surface area (Å²) in [6.45, 7) is -3.24. The molecule has 1 aromatic carbocycles. The molecule has 1 aromatic rings. The number of hydrogen-bond acceptors (Lipinski definition) is 14. The van der Waals surface area contributed by atoms with Crippen molar-refractivity contribution in [2.24, 2.45) is 0 Å². The van der Waals surface area contributed by atoms with Gasteiger partial charge in [0.25, 0.3) is 0 Å². The molecule has 3 rings (SSSR count). The number of benzene rings is 1. The Labute approximate surface area is 251 Å². The fourth-order valence-corrected chi connectivity index (χ4v) is 4.89. The second kappa shape index (κ2) is 15.3. The van der Waals surface area contributed by atoms with Gasteiger partial charge in [0.2, 0.25) is 17.3 Å². The van der Waals surface area contributed by atoms with Crippen LogP contribution in [0.15, 0.2) is 53.3 Å². The highest BCUT2D eigenvalue weighted by molar-refractivity contribution is 6.61. The number of aliphatic hydroxyl groups is 9. The van der Waals surface area contributed by atoms with Gasteiger partial charge in [0, 0.05) is 42.1 Å². The number of phenolic OH excluding ortho intramolecular Hbond substituents is 1. The van der Waals surface area contributed by atoms with Crippen LogP contribution in [-0.2, 0) is 14.4 Å². The summed E-state index contributed by atoms with van der Waals surface area (Å²) in [5, 5.41) is 98.0. The number of allylic oxidation sites excluding steroid dienone is 4. The van der Waals surface area contributed by atoms with Gasteiger partial charge in [-0.15, -0.1) is 0 Å². The van der Waals surface area contributed by atoms with Gasteiger partial charge in [0.1, 0.15) is 29.6 Å². The second-order valence-corrected chi connectivity index (χ2v) is 10.5. The van der Waals surface area contributed by atoms with Crippen LogP contribution < -0.4 is 4.90 Å². The summed E-state index contributed by atoms with van der Waals surface area (Å²) in [5.41, 5.74) is -0.708. The molecule has 2 aliphatic carbocycles. The molecule has 0 radical (unpaired) electrons. The van der Waals surface area contributed by atoms with Crippen molar-refractivity contribution in [2.75, 3.05) is 57.5 Å². The summed E-state index contributed by atoms with van der Waals surface area (Å²) in [4.78, 5) is 40.8. The van der Waals surface area contributed by atoms with Crippen LogP contribution in [0.25, 0.3) is 0 Å². The maximum absolute atomic E-state index is 13.4. The van der Waals surface area contributed by atoms with Crippen molar-refractivity contribution in [3.8, 4) is 5.75 Å². The first kappa shape index (κ1) is 34.7. The minimum Gasteiger partial charge on any atom is -0.508 e. The number of carbonyl (C=O) groups excluding carboxylic acids is 3. The average molecular weight is 622 g/mol. The molecule has 0 spiro atoms. The third-order valence-corrected chi connectivity index (χ3v) is 7.10. The van der Waals surface area contributed by atoms with E-state index in [-0.39, 0.29) is 48.7 Å². The molecule has 0 amide bonds. The van der Waals surface area contributed by atoms with Crippen molar-refractivity contribution in [3.63, 3.8) is 0 Å². The van der Waals surface area contributed by atoms with Crippen LogP contribution in [0.2, 0.25) is 0 Å². The number of hydrogen-bond donors (Lipinski definition) is 10. The molecule has 10 N–H and O–H groups in total. The van der Waals surface area contributed by atoms with Gasteiger partial charge in [-0.25, -0.2) is 4.58 Å². The highest BCUT2D eigenvalue weighted by atomic mass is 16.3. The van der Waals surface area contributed by atoms with Crippen molar-refractivity contribution in [1.82, 2.24) is 0 Å².